The lowest BCUT2D eigenvalue weighted by Gasteiger charge is -2.22. The Hall–Kier alpha value is -0.380. The van der Waals surface area contributed by atoms with E-state index in [0.717, 1.165) is 49.5 Å². The first-order valence-electron chi connectivity index (χ1n) is 10.2. The van der Waals surface area contributed by atoms with Crippen molar-refractivity contribution in [1.82, 2.24) is 20.4 Å². The van der Waals surface area contributed by atoms with Crippen LogP contribution in [0.5, 0.6) is 0 Å². The largest absolute Gasteiger partial charge is 0.356 e. The van der Waals surface area contributed by atoms with Gasteiger partial charge >= 0.3 is 0 Å². The summed E-state index contributed by atoms with van der Waals surface area (Å²) in [5.74, 6) is 1.51. The van der Waals surface area contributed by atoms with Crippen molar-refractivity contribution in [2.45, 2.75) is 26.2 Å². The molecule has 1 aliphatic rings. The summed E-state index contributed by atoms with van der Waals surface area (Å²) in [5.41, 5.74) is 1.38. The van der Waals surface area contributed by atoms with E-state index < -0.39 is 0 Å². The Labute approximate surface area is 196 Å². The lowest BCUT2D eigenvalue weighted by Crippen LogP contribution is -2.43. The fourth-order valence-corrected chi connectivity index (χ4v) is 3.92. The number of hydrogen-bond acceptors (Lipinski definition) is 3. The molecule has 0 saturated carbocycles. The van der Waals surface area contributed by atoms with Gasteiger partial charge in [0.1, 0.15) is 0 Å². The van der Waals surface area contributed by atoms with Gasteiger partial charge in [-0.05, 0) is 56.6 Å². The summed E-state index contributed by atoms with van der Waals surface area (Å²) in [7, 11) is 4.07. The number of rotatable bonds is 8. The van der Waals surface area contributed by atoms with Crippen LogP contribution >= 0.6 is 39.9 Å². The molecule has 0 aliphatic carbocycles. The van der Waals surface area contributed by atoms with Gasteiger partial charge in [0, 0.05) is 44.2 Å². The summed E-state index contributed by atoms with van der Waals surface area (Å²) in [6.07, 6.45) is 3.50. The molecule has 1 atom stereocenters. The summed E-state index contributed by atoms with van der Waals surface area (Å²) >= 11 is 3.57. The quantitative estimate of drug-likeness (QED) is 0.288. The minimum atomic E-state index is 0. The number of likely N-dealkylation sites (N-methyl/N-ethyl adjacent to an activating group) is 1. The van der Waals surface area contributed by atoms with E-state index >= 15 is 0 Å². The van der Waals surface area contributed by atoms with Gasteiger partial charge in [0.2, 0.25) is 0 Å². The maximum Gasteiger partial charge on any atom is 0.191 e. The molecule has 0 bridgehead atoms. The minimum absolute atomic E-state index is 0. The van der Waals surface area contributed by atoms with E-state index in [1.165, 1.54) is 31.6 Å². The highest BCUT2D eigenvalue weighted by molar-refractivity contribution is 14.0. The smallest absolute Gasteiger partial charge is 0.191 e. The molecular formula is C21H37BrIN5. The number of hydrogen-bond donors (Lipinski definition) is 2. The SMILES string of the molecule is CCC(CNC(=NC)NCCN1CCCN(C)CC1)Cc1cccc(Br)c1.I. The molecule has 0 radical (unpaired) electrons. The molecule has 1 saturated heterocycles. The van der Waals surface area contributed by atoms with Crippen molar-refractivity contribution in [2.75, 3.05) is 59.9 Å². The summed E-state index contributed by atoms with van der Waals surface area (Å²) in [5, 5.41) is 6.99. The van der Waals surface area contributed by atoms with Crippen molar-refractivity contribution in [3.8, 4) is 0 Å². The van der Waals surface area contributed by atoms with Crippen LogP contribution in [0.1, 0.15) is 25.3 Å². The lowest BCUT2D eigenvalue weighted by atomic mass is 9.97. The highest BCUT2D eigenvalue weighted by atomic mass is 127. The Morgan fingerprint density at radius 3 is 2.75 bits per heavy atom. The third-order valence-corrected chi connectivity index (χ3v) is 5.80. The van der Waals surface area contributed by atoms with Crippen molar-refractivity contribution in [2.24, 2.45) is 10.9 Å². The lowest BCUT2D eigenvalue weighted by molar-refractivity contribution is 0.280. The van der Waals surface area contributed by atoms with E-state index in [2.05, 4.69) is 79.6 Å². The van der Waals surface area contributed by atoms with E-state index in [0.29, 0.717) is 5.92 Å². The molecule has 1 aromatic rings. The van der Waals surface area contributed by atoms with Crippen molar-refractivity contribution >= 4 is 45.9 Å². The van der Waals surface area contributed by atoms with Gasteiger partial charge < -0.3 is 20.4 Å². The average Bonchev–Trinajstić information content (AvgIpc) is 2.87. The Bertz CT molecular complexity index is 584. The Morgan fingerprint density at radius 2 is 2.04 bits per heavy atom. The number of nitrogens with one attached hydrogen (secondary N) is 2. The zero-order valence-electron chi connectivity index (χ0n) is 17.6. The molecular weight excluding hydrogens is 529 g/mol. The standard InChI is InChI=1S/C21H36BrN5.HI/c1-4-18(15-19-7-5-8-20(22)16-19)17-25-21(23-2)24-9-12-27-11-6-10-26(3)13-14-27;/h5,7-8,16,18H,4,6,9-15,17H2,1-3H3,(H2,23,24,25);1H. The van der Waals surface area contributed by atoms with Crippen LogP contribution in [0.25, 0.3) is 0 Å². The summed E-state index contributed by atoms with van der Waals surface area (Å²) < 4.78 is 1.15. The number of benzene rings is 1. The van der Waals surface area contributed by atoms with Gasteiger partial charge in [-0.1, -0.05) is 41.4 Å². The Balaban J connectivity index is 0.00000392. The molecule has 28 heavy (non-hydrogen) atoms. The van der Waals surface area contributed by atoms with Gasteiger partial charge in [0.15, 0.2) is 5.96 Å². The molecule has 5 nitrogen and oxygen atoms in total. The maximum atomic E-state index is 4.39. The first kappa shape index (κ1) is 25.7. The van der Waals surface area contributed by atoms with Crippen molar-refractivity contribution in [3.05, 3.63) is 34.3 Å². The zero-order chi connectivity index (χ0) is 19.5. The normalized spacial score (nSPS) is 17.5. The minimum Gasteiger partial charge on any atom is -0.356 e. The van der Waals surface area contributed by atoms with Gasteiger partial charge in [0.25, 0.3) is 0 Å². The molecule has 1 aromatic carbocycles. The van der Waals surface area contributed by atoms with Gasteiger partial charge in [-0.25, -0.2) is 0 Å². The van der Waals surface area contributed by atoms with Crippen LogP contribution in [0.4, 0.5) is 0 Å². The predicted molar refractivity (Wildman–Crippen MR) is 135 cm³/mol. The Morgan fingerprint density at radius 1 is 1.21 bits per heavy atom. The molecule has 160 valence electrons. The van der Waals surface area contributed by atoms with E-state index in [9.17, 15) is 0 Å². The summed E-state index contributed by atoms with van der Waals surface area (Å²) in [4.78, 5) is 9.36. The number of guanidine groups is 1. The second-order valence-corrected chi connectivity index (χ2v) is 8.40. The highest BCUT2D eigenvalue weighted by Gasteiger charge is 2.12. The first-order chi connectivity index (χ1) is 13.1. The van der Waals surface area contributed by atoms with E-state index in [1.54, 1.807) is 0 Å². The van der Waals surface area contributed by atoms with Crippen LogP contribution in [0.3, 0.4) is 0 Å². The number of aliphatic imine (C=N–C) groups is 1. The fraction of sp³-hybridized carbons (Fsp3) is 0.667. The van der Waals surface area contributed by atoms with Crippen LogP contribution in [0.2, 0.25) is 0 Å². The van der Waals surface area contributed by atoms with E-state index in [-0.39, 0.29) is 24.0 Å². The average molecular weight is 566 g/mol. The van der Waals surface area contributed by atoms with Gasteiger partial charge in [-0.2, -0.15) is 0 Å². The molecule has 0 spiro atoms. The number of nitrogens with zero attached hydrogens (tertiary/aromatic N) is 3. The summed E-state index contributed by atoms with van der Waals surface area (Å²) in [6, 6.07) is 8.62. The first-order valence-corrected chi connectivity index (χ1v) is 11.0. The summed E-state index contributed by atoms with van der Waals surface area (Å²) in [6.45, 7) is 9.95. The second kappa shape index (κ2) is 14.6. The molecule has 7 heteroatoms. The Kier molecular flexibility index (Phi) is 13.4. The van der Waals surface area contributed by atoms with Crippen LogP contribution in [-0.2, 0) is 6.42 Å². The van der Waals surface area contributed by atoms with Gasteiger partial charge in [-0.15, -0.1) is 24.0 Å². The zero-order valence-corrected chi connectivity index (χ0v) is 21.5. The second-order valence-electron chi connectivity index (χ2n) is 7.49. The molecule has 1 aliphatic heterocycles. The molecule has 2 N–H and O–H groups in total. The van der Waals surface area contributed by atoms with Crippen LogP contribution < -0.4 is 10.6 Å². The van der Waals surface area contributed by atoms with Crippen molar-refractivity contribution in [1.29, 1.82) is 0 Å². The molecule has 2 rings (SSSR count). The van der Waals surface area contributed by atoms with Crippen LogP contribution in [-0.4, -0.2) is 75.7 Å². The van der Waals surface area contributed by atoms with Crippen molar-refractivity contribution < 1.29 is 0 Å². The molecule has 0 amide bonds. The monoisotopic (exact) mass is 565 g/mol. The third-order valence-electron chi connectivity index (χ3n) is 5.31. The van der Waals surface area contributed by atoms with E-state index in [1.807, 2.05) is 7.05 Å². The number of halogens is 2. The van der Waals surface area contributed by atoms with E-state index in [4.69, 9.17) is 0 Å². The van der Waals surface area contributed by atoms with Crippen molar-refractivity contribution in [3.63, 3.8) is 0 Å². The van der Waals surface area contributed by atoms with Crippen LogP contribution in [0.15, 0.2) is 33.7 Å². The highest BCUT2D eigenvalue weighted by Crippen LogP contribution is 2.16. The fourth-order valence-electron chi connectivity index (χ4n) is 3.48. The molecule has 1 fully saturated rings. The topological polar surface area (TPSA) is 42.9 Å². The van der Waals surface area contributed by atoms with Gasteiger partial charge in [0.05, 0.1) is 0 Å². The third kappa shape index (κ3) is 9.89. The maximum absolute atomic E-state index is 4.39. The van der Waals surface area contributed by atoms with Gasteiger partial charge in [-0.3, -0.25) is 4.99 Å². The molecule has 1 unspecified atom stereocenters. The molecule has 1 heterocycles. The predicted octanol–water partition coefficient (Wildman–Crippen LogP) is 3.44. The molecule has 0 aromatic heterocycles. The van der Waals surface area contributed by atoms with Crippen LogP contribution in [0, 0.1) is 5.92 Å².